The maximum atomic E-state index is 12.4. The van der Waals surface area contributed by atoms with E-state index in [0.717, 1.165) is 0 Å². The van der Waals surface area contributed by atoms with Gasteiger partial charge in [0.05, 0.1) is 0 Å². The van der Waals surface area contributed by atoms with Crippen LogP contribution in [0.25, 0.3) is 0 Å². The maximum absolute atomic E-state index is 12.4. The number of halogens is 3. The van der Waals surface area contributed by atoms with E-state index in [1.165, 1.54) is 12.1 Å². The van der Waals surface area contributed by atoms with Crippen LogP contribution in [0.15, 0.2) is 24.3 Å². The van der Waals surface area contributed by atoms with E-state index in [2.05, 4.69) is 15.4 Å². The van der Waals surface area contributed by atoms with Crippen molar-refractivity contribution in [3.8, 4) is 5.75 Å². The zero-order valence-corrected chi connectivity index (χ0v) is 11.5. The van der Waals surface area contributed by atoms with E-state index in [1.54, 1.807) is 19.2 Å². The fourth-order valence-electron chi connectivity index (χ4n) is 2.27. The summed E-state index contributed by atoms with van der Waals surface area (Å²) < 4.78 is 41.1. The molecule has 0 aliphatic heterocycles. The Kier molecular flexibility index (Phi) is 4.72. The highest BCUT2D eigenvalue weighted by Gasteiger charge is 2.46. The van der Waals surface area contributed by atoms with E-state index in [9.17, 15) is 18.0 Å². The van der Waals surface area contributed by atoms with Crippen molar-refractivity contribution in [2.24, 2.45) is 5.92 Å². The van der Waals surface area contributed by atoms with E-state index < -0.39 is 6.36 Å². The second kappa shape index (κ2) is 6.34. The molecule has 7 heteroatoms. The summed E-state index contributed by atoms with van der Waals surface area (Å²) in [5.41, 5.74) is 0.434. The standard InChI is InChI=1S/C14H17F3N2O2/c1-18-6-7-19-13(20)11-8-10(11)9-4-2-3-5-12(9)21-14(15,16)17/h2-5,10-11,18H,6-8H2,1H3,(H,19,20). The molecule has 0 heterocycles. The van der Waals surface area contributed by atoms with Gasteiger partial charge in [-0.1, -0.05) is 18.2 Å². The quantitative estimate of drug-likeness (QED) is 0.791. The first kappa shape index (κ1) is 15.6. The largest absolute Gasteiger partial charge is 0.573 e. The van der Waals surface area contributed by atoms with Gasteiger partial charge in [-0.3, -0.25) is 4.79 Å². The Balaban J connectivity index is 1.99. The molecule has 0 aromatic heterocycles. The van der Waals surface area contributed by atoms with Crippen LogP contribution in [0.2, 0.25) is 0 Å². The van der Waals surface area contributed by atoms with Crippen molar-refractivity contribution in [1.29, 1.82) is 0 Å². The Hall–Kier alpha value is -1.76. The molecule has 1 aromatic rings. The van der Waals surface area contributed by atoms with Crippen molar-refractivity contribution in [2.45, 2.75) is 18.7 Å². The third-order valence-corrected chi connectivity index (χ3v) is 3.35. The second-order valence-electron chi connectivity index (χ2n) is 4.93. The number of benzene rings is 1. The second-order valence-corrected chi connectivity index (χ2v) is 4.93. The van der Waals surface area contributed by atoms with E-state index in [4.69, 9.17) is 0 Å². The number of amides is 1. The number of carbonyl (C=O) groups is 1. The summed E-state index contributed by atoms with van der Waals surface area (Å²) in [6.45, 7) is 1.15. The highest BCUT2D eigenvalue weighted by Crippen LogP contribution is 2.50. The molecule has 1 aliphatic rings. The first-order chi connectivity index (χ1) is 9.92. The van der Waals surface area contributed by atoms with Gasteiger partial charge < -0.3 is 15.4 Å². The summed E-state index contributed by atoms with van der Waals surface area (Å²) in [7, 11) is 1.77. The fraction of sp³-hybridized carbons (Fsp3) is 0.500. The summed E-state index contributed by atoms with van der Waals surface area (Å²) in [6.07, 6.45) is -4.18. The van der Waals surface area contributed by atoms with Crippen LogP contribution in [-0.2, 0) is 4.79 Å². The van der Waals surface area contributed by atoms with E-state index in [1.807, 2.05) is 0 Å². The maximum Gasteiger partial charge on any atom is 0.573 e. The number of hydrogen-bond acceptors (Lipinski definition) is 3. The van der Waals surface area contributed by atoms with Crippen LogP contribution in [0, 0.1) is 5.92 Å². The number of likely N-dealkylation sites (N-methyl/N-ethyl adjacent to an activating group) is 1. The van der Waals surface area contributed by atoms with Crippen LogP contribution < -0.4 is 15.4 Å². The molecule has 1 saturated carbocycles. The molecule has 1 amide bonds. The van der Waals surface area contributed by atoms with Crippen LogP contribution >= 0.6 is 0 Å². The number of carbonyl (C=O) groups excluding carboxylic acids is 1. The number of rotatable bonds is 6. The van der Waals surface area contributed by atoms with Crippen molar-refractivity contribution in [3.63, 3.8) is 0 Å². The monoisotopic (exact) mass is 302 g/mol. The summed E-state index contributed by atoms with van der Waals surface area (Å²) in [6, 6.07) is 5.98. The van der Waals surface area contributed by atoms with E-state index in [0.29, 0.717) is 25.1 Å². The molecule has 0 saturated heterocycles. The van der Waals surface area contributed by atoms with Gasteiger partial charge in [0.15, 0.2) is 0 Å². The molecular formula is C14H17F3N2O2. The van der Waals surface area contributed by atoms with Crippen LogP contribution in [0.4, 0.5) is 13.2 Å². The Labute approximate surface area is 120 Å². The normalized spacial score (nSPS) is 21.0. The fourth-order valence-corrected chi connectivity index (χ4v) is 2.27. The molecule has 0 bridgehead atoms. The number of hydrogen-bond donors (Lipinski definition) is 2. The minimum Gasteiger partial charge on any atom is -0.405 e. The highest BCUT2D eigenvalue weighted by molar-refractivity contribution is 5.83. The summed E-state index contributed by atoms with van der Waals surface area (Å²) in [5.74, 6) is -0.837. The van der Waals surface area contributed by atoms with Gasteiger partial charge in [0.25, 0.3) is 0 Å². The van der Waals surface area contributed by atoms with Crippen molar-refractivity contribution in [3.05, 3.63) is 29.8 Å². The zero-order valence-electron chi connectivity index (χ0n) is 11.5. The molecular weight excluding hydrogens is 285 g/mol. The van der Waals surface area contributed by atoms with Gasteiger partial charge in [-0.2, -0.15) is 0 Å². The smallest absolute Gasteiger partial charge is 0.405 e. The molecule has 0 radical (unpaired) electrons. The lowest BCUT2D eigenvalue weighted by Gasteiger charge is -2.13. The van der Waals surface area contributed by atoms with Crippen LogP contribution in [0.5, 0.6) is 5.75 Å². The molecule has 2 atom stereocenters. The molecule has 0 spiro atoms. The molecule has 116 valence electrons. The van der Waals surface area contributed by atoms with Crippen LogP contribution in [0.1, 0.15) is 17.9 Å². The van der Waals surface area contributed by atoms with Crippen LogP contribution in [0.3, 0.4) is 0 Å². The third-order valence-electron chi connectivity index (χ3n) is 3.35. The summed E-state index contributed by atoms with van der Waals surface area (Å²) in [4.78, 5) is 11.9. The minimum atomic E-state index is -4.73. The predicted molar refractivity (Wildman–Crippen MR) is 70.9 cm³/mol. The number of ether oxygens (including phenoxy) is 1. The van der Waals surface area contributed by atoms with Crippen molar-refractivity contribution in [2.75, 3.05) is 20.1 Å². The lowest BCUT2D eigenvalue weighted by Crippen LogP contribution is -2.31. The van der Waals surface area contributed by atoms with Gasteiger partial charge in [-0.15, -0.1) is 13.2 Å². The van der Waals surface area contributed by atoms with Gasteiger partial charge >= 0.3 is 6.36 Å². The zero-order chi connectivity index (χ0) is 15.5. The van der Waals surface area contributed by atoms with Gasteiger partial charge in [0.2, 0.25) is 5.91 Å². The number of nitrogens with one attached hydrogen (secondary N) is 2. The van der Waals surface area contributed by atoms with E-state index in [-0.39, 0.29) is 23.5 Å². The molecule has 1 aromatic carbocycles. The average molecular weight is 302 g/mol. The highest BCUT2D eigenvalue weighted by atomic mass is 19.4. The number of para-hydroxylation sites is 1. The Morgan fingerprint density at radius 2 is 2.05 bits per heavy atom. The SMILES string of the molecule is CNCCNC(=O)C1CC1c1ccccc1OC(F)(F)F. The van der Waals surface area contributed by atoms with E-state index >= 15 is 0 Å². The van der Waals surface area contributed by atoms with Gasteiger partial charge in [0, 0.05) is 19.0 Å². The first-order valence-electron chi connectivity index (χ1n) is 6.69. The molecule has 21 heavy (non-hydrogen) atoms. The molecule has 2 N–H and O–H groups in total. The Morgan fingerprint density at radius 3 is 2.71 bits per heavy atom. The topological polar surface area (TPSA) is 50.4 Å². The van der Waals surface area contributed by atoms with Crippen molar-refractivity contribution < 1.29 is 22.7 Å². The number of alkyl halides is 3. The van der Waals surface area contributed by atoms with Gasteiger partial charge in [-0.25, -0.2) is 0 Å². The Bertz CT molecular complexity index is 505. The van der Waals surface area contributed by atoms with Crippen molar-refractivity contribution >= 4 is 5.91 Å². The van der Waals surface area contributed by atoms with Crippen LogP contribution in [-0.4, -0.2) is 32.4 Å². The summed E-state index contributed by atoms with van der Waals surface area (Å²) in [5, 5.41) is 5.65. The molecule has 2 unspecified atom stereocenters. The first-order valence-corrected chi connectivity index (χ1v) is 6.69. The third kappa shape index (κ3) is 4.35. The summed E-state index contributed by atoms with van der Waals surface area (Å²) >= 11 is 0. The average Bonchev–Trinajstić information content (AvgIpc) is 3.18. The van der Waals surface area contributed by atoms with Gasteiger partial charge in [-0.05, 0) is 31.0 Å². The lowest BCUT2D eigenvalue weighted by molar-refractivity contribution is -0.274. The molecule has 4 nitrogen and oxygen atoms in total. The Morgan fingerprint density at radius 1 is 1.33 bits per heavy atom. The molecule has 1 fully saturated rings. The predicted octanol–water partition coefficient (Wildman–Crippen LogP) is 2.02. The van der Waals surface area contributed by atoms with Crippen molar-refractivity contribution in [1.82, 2.24) is 10.6 Å². The molecule has 1 aliphatic carbocycles. The van der Waals surface area contributed by atoms with Gasteiger partial charge in [0.1, 0.15) is 5.75 Å². The lowest BCUT2D eigenvalue weighted by atomic mass is 10.1. The molecule has 2 rings (SSSR count). The minimum absolute atomic E-state index is 0.128.